The molecule has 1 fully saturated rings. The van der Waals surface area contributed by atoms with Crippen LogP contribution in [-0.4, -0.2) is 46.0 Å². The Morgan fingerprint density at radius 3 is 2.70 bits per heavy atom. The molecule has 166 valence electrons. The number of nitriles is 1. The van der Waals surface area contributed by atoms with Crippen molar-refractivity contribution < 1.29 is 19.5 Å². The van der Waals surface area contributed by atoms with Gasteiger partial charge in [-0.2, -0.15) is 5.26 Å². The maximum atomic E-state index is 13.2. The summed E-state index contributed by atoms with van der Waals surface area (Å²) in [5.41, 5.74) is 2.14. The van der Waals surface area contributed by atoms with Gasteiger partial charge in [-0.25, -0.2) is 9.69 Å². The SMILES string of the molecule is N#Cc1ccc(C(C(=O)NCCO)N2C(=O)N/C(=C\c3c[nH]c4cc(Cl)ccc34)C2=O)cc1. The second-order valence-corrected chi connectivity index (χ2v) is 7.68. The summed E-state index contributed by atoms with van der Waals surface area (Å²) in [4.78, 5) is 42.8. The van der Waals surface area contributed by atoms with Crippen LogP contribution in [0.3, 0.4) is 0 Å². The van der Waals surface area contributed by atoms with E-state index in [-0.39, 0.29) is 18.8 Å². The van der Waals surface area contributed by atoms with Gasteiger partial charge in [-0.15, -0.1) is 0 Å². The second kappa shape index (κ2) is 9.16. The molecule has 1 aliphatic heterocycles. The molecule has 0 saturated carbocycles. The number of hydrogen-bond acceptors (Lipinski definition) is 5. The standard InChI is InChI=1S/C23H18ClN5O4/c24-16-5-6-17-15(12-27-18(17)10-16)9-19-22(32)29(23(33)28-19)20(21(31)26-7-8-30)14-3-1-13(11-25)2-4-14/h1-6,9-10,12,20,27,30H,7-8H2,(H,26,31)(H,28,33)/b19-9-. The minimum atomic E-state index is -1.29. The number of H-pyrrole nitrogens is 1. The minimum absolute atomic E-state index is 0.00412. The summed E-state index contributed by atoms with van der Waals surface area (Å²) in [5.74, 6) is -1.32. The first-order chi connectivity index (χ1) is 15.9. The first-order valence-corrected chi connectivity index (χ1v) is 10.3. The molecule has 9 nitrogen and oxygen atoms in total. The van der Waals surface area contributed by atoms with Crippen LogP contribution >= 0.6 is 11.6 Å². The van der Waals surface area contributed by atoms with E-state index in [4.69, 9.17) is 22.0 Å². The molecule has 1 atom stereocenters. The third-order valence-electron chi connectivity index (χ3n) is 5.16. The number of aliphatic hydroxyl groups is 1. The van der Waals surface area contributed by atoms with E-state index < -0.39 is 23.9 Å². The molecular weight excluding hydrogens is 446 g/mol. The van der Waals surface area contributed by atoms with Gasteiger partial charge < -0.3 is 20.7 Å². The van der Waals surface area contributed by atoms with Crippen molar-refractivity contribution in [1.29, 1.82) is 5.26 Å². The van der Waals surface area contributed by atoms with Crippen LogP contribution in [0.1, 0.15) is 22.7 Å². The number of carbonyl (C=O) groups excluding carboxylic acids is 3. The Labute approximate surface area is 193 Å². The van der Waals surface area contributed by atoms with Crippen molar-refractivity contribution in [2.24, 2.45) is 0 Å². The molecular formula is C23H18ClN5O4. The van der Waals surface area contributed by atoms with Crippen LogP contribution < -0.4 is 10.6 Å². The summed E-state index contributed by atoms with van der Waals surface area (Å²) < 4.78 is 0. The van der Waals surface area contributed by atoms with Gasteiger partial charge in [0, 0.05) is 34.2 Å². The van der Waals surface area contributed by atoms with Crippen molar-refractivity contribution in [3.05, 3.63) is 76.1 Å². The topological polar surface area (TPSA) is 138 Å². The Balaban J connectivity index is 1.70. The van der Waals surface area contributed by atoms with E-state index in [0.29, 0.717) is 21.7 Å². The largest absolute Gasteiger partial charge is 0.395 e. The zero-order chi connectivity index (χ0) is 23.5. The van der Waals surface area contributed by atoms with Gasteiger partial charge in [0.2, 0.25) is 5.91 Å². The van der Waals surface area contributed by atoms with Gasteiger partial charge >= 0.3 is 6.03 Å². The highest BCUT2D eigenvalue weighted by atomic mass is 35.5. The number of aromatic amines is 1. The third kappa shape index (κ3) is 4.30. The number of amides is 4. The number of nitrogens with zero attached hydrogens (tertiary/aromatic N) is 2. The van der Waals surface area contributed by atoms with Crippen LogP contribution in [0.2, 0.25) is 5.02 Å². The molecule has 0 aliphatic carbocycles. The fraction of sp³-hybridized carbons (Fsp3) is 0.130. The van der Waals surface area contributed by atoms with Gasteiger partial charge in [-0.1, -0.05) is 29.8 Å². The molecule has 1 aliphatic rings. The fourth-order valence-electron chi connectivity index (χ4n) is 3.61. The van der Waals surface area contributed by atoms with Crippen LogP contribution in [0.15, 0.2) is 54.4 Å². The highest BCUT2D eigenvalue weighted by Crippen LogP contribution is 2.29. The molecule has 0 spiro atoms. The average Bonchev–Trinajstić information content (AvgIpc) is 3.33. The molecule has 0 radical (unpaired) electrons. The number of hydrogen-bond donors (Lipinski definition) is 4. The van der Waals surface area contributed by atoms with E-state index in [1.807, 2.05) is 6.07 Å². The maximum absolute atomic E-state index is 13.2. The number of aromatic nitrogens is 1. The third-order valence-corrected chi connectivity index (χ3v) is 5.39. The van der Waals surface area contributed by atoms with Crippen molar-refractivity contribution >= 4 is 46.4 Å². The number of benzene rings is 2. The Morgan fingerprint density at radius 1 is 1.24 bits per heavy atom. The monoisotopic (exact) mass is 463 g/mol. The molecule has 1 saturated heterocycles. The zero-order valence-corrected chi connectivity index (χ0v) is 17.9. The van der Waals surface area contributed by atoms with Crippen LogP contribution in [-0.2, 0) is 9.59 Å². The van der Waals surface area contributed by atoms with Gasteiger partial charge in [0.25, 0.3) is 5.91 Å². The first-order valence-electron chi connectivity index (χ1n) is 9.94. The first kappa shape index (κ1) is 22.1. The Kier molecular flexibility index (Phi) is 6.13. The van der Waals surface area contributed by atoms with E-state index >= 15 is 0 Å². The lowest BCUT2D eigenvalue weighted by Gasteiger charge is -2.24. The van der Waals surface area contributed by atoms with Crippen LogP contribution in [0.25, 0.3) is 17.0 Å². The number of carbonyl (C=O) groups is 3. The lowest BCUT2D eigenvalue weighted by molar-refractivity contribution is -0.133. The Bertz CT molecular complexity index is 1320. The molecule has 3 aromatic rings. The van der Waals surface area contributed by atoms with Gasteiger partial charge in [-0.05, 0) is 35.9 Å². The van der Waals surface area contributed by atoms with Crippen LogP contribution in [0.5, 0.6) is 0 Å². The predicted molar refractivity (Wildman–Crippen MR) is 121 cm³/mol. The molecule has 4 N–H and O–H groups in total. The predicted octanol–water partition coefficient (Wildman–Crippen LogP) is 2.44. The molecule has 33 heavy (non-hydrogen) atoms. The van der Waals surface area contributed by atoms with E-state index in [2.05, 4.69) is 15.6 Å². The smallest absolute Gasteiger partial charge is 0.330 e. The van der Waals surface area contributed by atoms with Gasteiger partial charge in [0.05, 0.1) is 18.2 Å². The maximum Gasteiger partial charge on any atom is 0.330 e. The Morgan fingerprint density at radius 2 is 2.00 bits per heavy atom. The van der Waals surface area contributed by atoms with Crippen molar-refractivity contribution in [1.82, 2.24) is 20.5 Å². The molecule has 4 amide bonds. The van der Waals surface area contributed by atoms with E-state index in [1.54, 1.807) is 24.4 Å². The molecule has 4 rings (SSSR count). The second-order valence-electron chi connectivity index (χ2n) is 7.25. The summed E-state index contributed by atoms with van der Waals surface area (Å²) in [7, 11) is 0. The summed E-state index contributed by atoms with van der Waals surface area (Å²) in [6, 6.07) is 11.2. The number of urea groups is 1. The number of nitrogens with one attached hydrogen (secondary N) is 3. The highest BCUT2D eigenvalue weighted by Gasteiger charge is 2.42. The molecule has 10 heteroatoms. The summed E-state index contributed by atoms with van der Waals surface area (Å²) in [5, 5.41) is 24.5. The number of rotatable bonds is 6. The molecule has 2 heterocycles. The van der Waals surface area contributed by atoms with E-state index in [1.165, 1.54) is 30.3 Å². The van der Waals surface area contributed by atoms with Crippen LogP contribution in [0, 0.1) is 11.3 Å². The normalized spacial score (nSPS) is 15.5. The van der Waals surface area contributed by atoms with Gasteiger partial charge in [-0.3, -0.25) is 9.59 Å². The lowest BCUT2D eigenvalue weighted by Crippen LogP contribution is -2.44. The molecule has 1 aromatic heterocycles. The number of fused-ring (bicyclic) bond motifs is 1. The van der Waals surface area contributed by atoms with E-state index in [0.717, 1.165) is 15.8 Å². The molecule has 2 aromatic carbocycles. The number of aliphatic hydroxyl groups excluding tert-OH is 1. The summed E-state index contributed by atoms with van der Waals surface area (Å²) >= 11 is 6.01. The zero-order valence-electron chi connectivity index (χ0n) is 17.1. The molecule has 1 unspecified atom stereocenters. The van der Waals surface area contributed by atoms with Gasteiger partial charge in [0.1, 0.15) is 11.7 Å². The van der Waals surface area contributed by atoms with Gasteiger partial charge in [0.15, 0.2) is 0 Å². The average molecular weight is 464 g/mol. The van der Waals surface area contributed by atoms with E-state index in [9.17, 15) is 14.4 Å². The van der Waals surface area contributed by atoms with Crippen molar-refractivity contribution in [3.63, 3.8) is 0 Å². The fourth-order valence-corrected chi connectivity index (χ4v) is 3.78. The van der Waals surface area contributed by atoms with Crippen molar-refractivity contribution in [2.45, 2.75) is 6.04 Å². The molecule has 0 bridgehead atoms. The summed E-state index contributed by atoms with van der Waals surface area (Å²) in [6.07, 6.45) is 3.20. The Hall–Kier alpha value is -4.13. The summed E-state index contributed by atoms with van der Waals surface area (Å²) in [6.45, 7) is -0.350. The number of imide groups is 1. The highest BCUT2D eigenvalue weighted by molar-refractivity contribution is 6.31. The lowest BCUT2D eigenvalue weighted by atomic mass is 10.0. The van der Waals surface area contributed by atoms with Crippen molar-refractivity contribution in [2.75, 3.05) is 13.2 Å². The number of halogens is 1. The van der Waals surface area contributed by atoms with Crippen LogP contribution in [0.4, 0.5) is 4.79 Å². The van der Waals surface area contributed by atoms with Crippen molar-refractivity contribution in [3.8, 4) is 6.07 Å². The minimum Gasteiger partial charge on any atom is -0.395 e. The quantitative estimate of drug-likeness (QED) is 0.328.